The van der Waals surface area contributed by atoms with E-state index < -0.39 is 0 Å². The molecule has 2 aliphatic rings. The molecule has 2 atom stereocenters. The molecule has 5 nitrogen and oxygen atoms in total. The van der Waals surface area contributed by atoms with E-state index in [2.05, 4.69) is 41.1 Å². The predicted molar refractivity (Wildman–Crippen MR) is 119 cm³/mol. The lowest BCUT2D eigenvalue weighted by molar-refractivity contribution is 0.229. The Balaban J connectivity index is 0.00000243. The third-order valence-corrected chi connectivity index (χ3v) is 4.74. The number of benzene rings is 1. The Morgan fingerprint density at radius 2 is 2.00 bits per heavy atom. The molecule has 0 bridgehead atoms. The SMILES string of the molecule is CCNC(=NCC(C)Oc1ccccc1)N1CCC(N2CC=CC2)C1.I. The highest BCUT2D eigenvalue weighted by Gasteiger charge is 2.29. The molecule has 0 radical (unpaired) electrons. The standard InChI is InChI=1S/C20H30N4O.HI/c1-3-21-20(22-15-17(2)25-19-9-5-4-6-10-19)24-14-11-18(16-24)23-12-7-8-13-23;/h4-10,17-18H,3,11-16H2,1-2H3,(H,21,22);1H. The largest absolute Gasteiger partial charge is 0.489 e. The zero-order valence-corrected chi connectivity index (χ0v) is 18.1. The fraction of sp³-hybridized carbons (Fsp3) is 0.550. The quantitative estimate of drug-likeness (QED) is 0.301. The van der Waals surface area contributed by atoms with Crippen LogP contribution in [0.3, 0.4) is 0 Å². The molecule has 2 aliphatic heterocycles. The summed E-state index contributed by atoms with van der Waals surface area (Å²) in [6, 6.07) is 10.6. The number of nitrogens with zero attached hydrogens (tertiary/aromatic N) is 3. The van der Waals surface area contributed by atoms with Gasteiger partial charge in [-0.1, -0.05) is 30.4 Å². The molecule has 2 heterocycles. The maximum absolute atomic E-state index is 5.94. The third-order valence-electron chi connectivity index (χ3n) is 4.74. The summed E-state index contributed by atoms with van der Waals surface area (Å²) in [7, 11) is 0. The van der Waals surface area contributed by atoms with Crippen LogP contribution in [0.2, 0.25) is 0 Å². The van der Waals surface area contributed by atoms with E-state index in [0.29, 0.717) is 12.6 Å². The van der Waals surface area contributed by atoms with E-state index in [1.807, 2.05) is 30.3 Å². The summed E-state index contributed by atoms with van der Waals surface area (Å²) < 4.78 is 5.94. The van der Waals surface area contributed by atoms with E-state index in [0.717, 1.165) is 44.4 Å². The number of para-hydroxylation sites is 1. The van der Waals surface area contributed by atoms with Gasteiger partial charge in [-0.05, 0) is 32.4 Å². The van der Waals surface area contributed by atoms with Crippen LogP contribution in [0.5, 0.6) is 5.75 Å². The number of guanidine groups is 1. The van der Waals surface area contributed by atoms with Gasteiger partial charge in [-0.2, -0.15) is 0 Å². The summed E-state index contributed by atoms with van der Waals surface area (Å²) in [6.07, 6.45) is 5.80. The van der Waals surface area contributed by atoms with Crippen molar-refractivity contribution in [1.29, 1.82) is 0 Å². The Kier molecular flexibility index (Phi) is 8.71. The van der Waals surface area contributed by atoms with Crippen LogP contribution in [-0.4, -0.2) is 67.2 Å². The van der Waals surface area contributed by atoms with Gasteiger partial charge in [-0.3, -0.25) is 4.90 Å². The second kappa shape index (κ2) is 10.8. The van der Waals surface area contributed by atoms with Gasteiger partial charge < -0.3 is 15.0 Å². The minimum Gasteiger partial charge on any atom is -0.489 e. The Labute approximate surface area is 174 Å². The van der Waals surface area contributed by atoms with Crippen LogP contribution in [0.15, 0.2) is 47.5 Å². The topological polar surface area (TPSA) is 40.1 Å². The van der Waals surface area contributed by atoms with Crippen molar-refractivity contribution in [3.63, 3.8) is 0 Å². The number of hydrogen-bond acceptors (Lipinski definition) is 3. The van der Waals surface area contributed by atoms with Crippen LogP contribution in [0.4, 0.5) is 0 Å². The highest BCUT2D eigenvalue weighted by Crippen LogP contribution is 2.18. The van der Waals surface area contributed by atoms with Gasteiger partial charge in [-0.25, -0.2) is 4.99 Å². The molecule has 0 saturated carbocycles. The van der Waals surface area contributed by atoms with E-state index >= 15 is 0 Å². The summed E-state index contributed by atoms with van der Waals surface area (Å²) in [5, 5.41) is 3.44. The molecular weight excluding hydrogens is 439 g/mol. The average molecular weight is 470 g/mol. The van der Waals surface area contributed by atoms with Crippen LogP contribution in [0.25, 0.3) is 0 Å². The average Bonchev–Trinajstić information content (AvgIpc) is 3.30. The highest BCUT2D eigenvalue weighted by molar-refractivity contribution is 14.0. The minimum absolute atomic E-state index is 0. The number of ether oxygens (including phenoxy) is 1. The smallest absolute Gasteiger partial charge is 0.194 e. The first-order chi connectivity index (χ1) is 12.3. The highest BCUT2D eigenvalue weighted by atomic mass is 127. The summed E-state index contributed by atoms with van der Waals surface area (Å²) in [6.45, 7) is 10.0. The van der Waals surface area contributed by atoms with Crippen molar-refractivity contribution in [2.45, 2.75) is 32.4 Å². The second-order valence-corrected chi connectivity index (χ2v) is 6.75. The number of aliphatic imine (C=N–C) groups is 1. The second-order valence-electron chi connectivity index (χ2n) is 6.75. The van der Waals surface area contributed by atoms with E-state index in [4.69, 9.17) is 9.73 Å². The third kappa shape index (κ3) is 5.87. The van der Waals surface area contributed by atoms with Gasteiger partial charge in [0.25, 0.3) is 0 Å². The number of halogens is 1. The van der Waals surface area contributed by atoms with Crippen molar-refractivity contribution in [3.05, 3.63) is 42.5 Å². The van der Waals surface area contributed by atoms with E-state index in [1.165, 1.54) is 6.42 Å². The van der Waals surface area contributed by atoms with Crippen molar-refractivity contribution in [2.24, 2.45) is 4.99 Å². The van der Waals surface area contributed by atoms with Gasteiger partial charge >= 0.3 is 0 Å². The Hall–Kier alpha value is -1.28. The van der Waals surface area contributed by atoms with Gasteiger partial charge in [0.2, 0.25) is 0 Å². The van der Waals surface area contributed by atoms with Gasteiger partial charge in [0, 0.05) is 38.8 Å². The Morgan fingerprint density at radius 3 is 2.69 bits per heavy atom. The lowest BCUT2D eigenvalue weighted by atomic mass is 10.2. The predicted octanol–water partition coefficient (Wildman–Crippen LogP) is 2.98. The Morgan fingerprint density at radius 1 is 1.27 bits per heavy atom. The van der Waals surface area contributed by atoms with Crippen molar-refractivity contribution in [2.75, 3.05) is 39.3 Å². The maximum Gasteiger partial charge on any atom is 0.194 e. The normalized spacial score (nSPS) is 21.5. The monoisotopic (exact) mass is 470 g/mol. The number of nitrogens with one attached hydrogen (secondary N) is 1. The first kappa shape index (κ1) is 21.0. The molecule has 2 unspecified atom stereocenters. The van der Waals surface area contributed by atoms with Crippen molar-refractivity contribution < 1.29 is 4.74 Å². The first-order valence-electron chi connectivity index (χ1n) is 9.40. The van der Waals surface area contributed by atoms with Crippen molar-refractivity contribution in [1.82, 2.24) is 15.1 Å². The first-order valence-corrected chi connectivity index (χ1v) is 9.40. The molecule has 26 heavy (non-hydrogen) atoms. The molecule has 1 aromatic rings. The zero-order valence-electron chi connectivity index (χ0n) is 15.8. The molecule has 0 amide bonds. The van der Waals surface area contributed by atoms with Crippen LogP contribution in [-0.2, 0) is 0 Å². The summed E-state index contributed by atoms with van der Waals surface area (Å²) in [4.78, 5) is 9.76. The molecule has 6 heteroatoms. The zero-order chi connectivity index (χ0) is 17.5. The maximum atomic E-state index is 5.94. The van der Waals surface area contributed by atoms with E-state index in [1.54, 1.807) is 0 Å². The summed E-state index contributed by atoms with van der Waals surface area (Å²) in [5.74, 6) is 1.92. The minimum atomic E-state index is 0. The summed E-state index contributed by atoms with van der Waals surface area (Å²) in [5.41, 5.74) is 0. The molecule has 0 aromatic heterocycles. The fourth-order valence-electron chi connectivity index (χ4n) is 3.43. The molecule has 1 saturated heterocycles. The van der Waals surface area contributed by atoms with Crippen LogP contribution in [0.1, 0.15) is 20.3 Å². The van der Waals surface area contributed by atoms with Gasteiger partial charge in [-0.15, -0.1) is 24.0 Å². The van der Waals surface area contributed by atoms with Gasteiger partial charge in [0.15, 0.2) is 5.96 Å². The number of likely N-dealkylation sites (tertiary alicyclic amines) is 1. The number of rotatable bonds is 6. The molecule has 144 valence electrons. The van der Waals surface area contributed by atoms with E-state index in [9.17, 15) is 0 Å². The molecule has 1 N–H and O–H groups in total. The van der Waals surface area contributed by atoms with Crippen LogP contribution >= 0.6 is 24.0 Å². The molecule has 0 aliphatic carbocycles. The molecule has 3 rings (SSSR count). The van der Waals surface area contributed by atoms with Crippen molar-refractivity contribution >= 4 is 29.9 Å². The van der Waals surface area contributed by atoms with Gasteiger partial charge in [0.1, 0.15) is 11.9 Å². The lowest BCUT2D eigenvalue weighted by Gasteiger charge is -2.25. The van der Waals surface area contributed by atoms with Gasteiger partial charge in [0.05, 0.1) is 6.54 Å². The molecule has 1 fully saturated rings. The summed E-state index contributed by atoms with van der Waals surface area (Å²) >= 11 is 0. The fourth-order valence-corrected chi connectivity index (χ4v) is 3.43. The van der Waals surface area contributed by atoms with Crippen LogP contribution < -0.4 is 10.1 Å². The van der Waals surface area contributed by atoms with Crippen molar-refractivity contribution in [3.8, 4) is 5.75 Å². The molecule has 0 spiro atoms. The molecular formula is C20H31IN4O. The lowest BCUT2D eigenvalue weighted by Crippen LogP contribution is -2.43. The van der Waals surface area contributed by atoms with Crippen LogP contribution in [0, 0.1) is 0 Å². The van der Waals surface area contributed by atoms with E-state index in [-0.39, 0.29) is 30.1 Å². The Bertz CT molecular complexity index is 585. The number of hydrogen-bond donors (Lipinski definition) is 1. The molecule has 1 aromatic carbocycles.